The SMILES string of the molecule is O=C(Nc1cnc(-c2ccc(Cl)cc2)nc1)C1CCCC1. The molecular weight excluding hydrogens is 286 g/mol. The lowest BCUT2D eigenvalue weighted by Crippen LogP contribution is -2.20. The number of amides is 1. The van der Waals surface area contributed by atoms with Gasteiger partial charge < -0.3 is 5.32 Å². The molecule has 2 aromatic rings. The maximum Gasteiger partial charge on any atom is 0.227 e. The highest BCUT2D eigenvalue weighted by Gasteiger charge is 2.22. The molecule has 0 aliphatic heterocycles. The van der Waals surface area contributed by atoms with Gasteiger partial charge in [-0.05, 0) is 37.1 Å². The number of halogens is 1. The Kier molecular flexibility index (Phi) is 4.15. The number of nitrogens with zero attached hydrogens (tertiary/aromatic N) is 2. The lowest BCUT2D eigenvalue weighted by atomic mass is 10.1. The fourth-order valence-electron chi connectivity index (χ4n) is 2.57. The Hall–Kier alpha value is -1.94. The fraction of sp³-hybridized carbons (Fsp3) is 0.312. The van der Waals surface area contributed by atoms with Crippen molar-refractivity contribution in [3.8, 4) is 11.4 Å². The number of benzene rings is 1. The first kappa shape index (κ1) is 14.0. The summed E-state index contributed by atoms with van der Waals surface area (Å²) in [5, 5.41) is 3.57. The van der Waals surface area contributed by atoms with Crippen LogP contribution in [0, 0.1) is 5.92 Å². The van der Waals surface area contributed by atoms with E-state index in [2.05, 4.69) is 15.3 Å². The molecule has 1 amide bonds. The van der Waals surface area contributed by atoms with Gasteiger partial charge in [-0.1, -0.05) is 24.4 Å². The molecule has 1 aromatic heterocycles. The molecule has 0 bridgehead atoms. The number of carbonyl (C=O) groups is 1. The van der Waals surface area contributed by atoms with Crippen molar-refractivity contribution >= 4 is 23.2 Å². The molecule has 1 N–H and O–H groups in total. The third-order valence-corrected chi connectivity index (χ3v) is 4.00. The molecule has 1 fully saturated rings. The zero-order valence-corrected chi connectivity index (χ0v) is 12.3. The number of hydrogen-bond donors (Lipinski definition) is 1. The van der Waals surface area contributed by atoms with Crippen LogP contribution in [-0.4, -0.2) is 15.9 Å². The first-order chi connectivity index (χ1) is 10.2. The van der Waals surface area contributed by atoms with E-state index in [9.17, 15) is 4.79 Å². The lowest BCUT2D eigenvalue weighted by Gasteiger charge is -2.10. The summed E-state index contributed by atoms with van der Waals surface area (Å²) in [6.45, 7) is 0. The predicted octanol–water partition coefficient (Wildman–Crippen LogP) is 3.93. The number of hydrogen-bond acceptors (Lipinski definition) is 3. The third-order valence-electron chi connectivity index (χ3n) is 3.75. The van der Waals surface area contributed by atoms with Gasteiger partial charge in [-0.3, -0.25) is 4.79 Å². The molecule has 0 atom stereocenters. The van der Waals surface area contributed by atoms with Crippen molar-refractivity contribution in [1.82, 2.24) is 9.97 Å². The molecule has 4 nitrogen and oxygen atoms in total. The van der Waals surface area contributed by atoms with Crippen LogP contribution in [0.3, 0.4) is 0 Å². The van der Waals surface area contributed by atoms with Gasteiger partial charge in [-0.25, -0.2) is 9.97 Å². The Morgan fingerprint density at radius 3 is 2.33 bits per heavy atom. The van der Waals surface area contributed by atoms with Crippen molar-refractivity contribution < 1.29 is 4.79 Å². The Bertz CT molecular complexity index is 619. The fourth-order valence-corrected chi connectivity index (χ4v) is 2.70. The molecule has 1 aliphatic carbocycles. The number of aromatic nitrogens is 2. The number of nitrogens with one attached hydrogen (secondary N) is 1. The van der Waals surface area contributed by atoms with E-state index < -0.39 is 0 Å². The van der Waals surface area contributed by atoms with Gasteiger partial charge in [0.25, 0.3) is 0 Å². The molecule has 3 rings (SSSR count). The van der Waals surface area contributed by atoms with Crippen LogP contribution in [0.1, 0.15) is 25.7 Å². The molecule has 1 aliphatic rings. The monoisotopic (exact) mass is 301 g/mol. The van der Waals surface area contributed by atoms with Crippen molar-refractivity contribution in [1.29, 1.82) is 0 Å². The summed E-state index contributed by atoms with van der Waals surface area (Å²) in [6, 6.07) is 7.34. The lowest BCUT2D eigenvalue weighted by molar-refractivity contribution is -0.119. The first-order valence-electron chi connectivity index (χ1n) is 7.11. The minimum atomic E-state index is 0.0790. The van der Waals surface area contributed by atoms with Gasteiger partial charge in [0, 0.05) is 16.5 Å². The molecule has 0 saturated heterocycles. The molecule has 0 unspecified atom stereocenters. The van der Waals surface area contributed by atoms with Gasteiger partial charge in [0.15, 0.2) is 5.82 Å². The summed E-state index contributed by atoms with van der Waals surface area (Å²) in [4.78, 5) is 20.6. The van der Waals surface area contributed by atoms with Crippen LogP contribution in [0.4, 0.5) is 5.69 Å². The van der Waals surface area contributed by atoms with Crippen LogP contribution >= 0.6 is 11.6 Å². The van der Waals surface area contributed by atoms with Crippen LogP contribution in [-0.2, 0) is 4.79 Å². The molecular formula is C16H16ClN3O. The van der Waals surface area contributed by atoms with Gasteiger partial charge in [-0.2, -0.15) is 0 Å². The van der Waals surface area contributed by atoms with Crippen LogP contribution in [0.15, 0.2) is 36.7 Å². The zero-order chi connectivity index (χ0) is 14.7. The quantitative estimate of drug-likeness (QED) is 0.934. The number of carbonyl (C=O) groups excluding carboxylic acids is 1. The van der Waals surface area contributed by atoms with Crippen molar-refractivity contribution in [3.05, 3.63) is 41.7 Å². The Balaban J connectivity index is 1.69. The van der Waals surface area contributed by atoms with Gasteiger partial charge in [-0.15, -0.1) is 0 Å². The van der Waals surface area contributed by atoms with Crippen LogP contribution in [0.2, 0.25) is 5.02 Å². The van der Waals surface area contributed by atoms with Crippen molar-refractivity contribution in [2.75, 3.05) is 5.32 Å². The largest absolute Gasteiger partial charge is 0.323 e. The van der Waals surface area contributed by atoms with Crippen LogP contribution in [0.25, 0.3) is 11.4 Å². The van der Waals surface area contributed by atoms with Gasteiger partial charge in [0.05, 0.1) is 18.1 Å². The summed E-state index contributed by atoms with van der Waals surface area (Å²) in [7, 11) is 0. The summed E-state index contributed by atoms with van der Waals surface area (Å²) >= 11 is 5.86. The normalized spacial score (nSPS) is 15.1. The summed E-state index contributed by atoms with van der Waals surface area (Å²) in [6.07, 6.45) is 7.53. The highest BCUT2D eigenvalue weighted by atomic mass is 35.5. The standard InChI is InChI=1S/C16H16ClN3O/c17-13-7-5-11(6-8-13)15-18-9-14(10-19-15)20-16(21)12-3-1-2-4-12/h5-10,12H,1-4H2,(H,20,21). The van der Waals surface area contributed by atoms with E-state index in [0.29, 0.717) is 16.5 Å². The van der Waals surface area contributed by atoms with E-state index in [-0.39, 0.29) is 11.8 Å². The second-order valence-corrected chi connectivity index (χ2v) is 5.71. The second kappa shape index (κ2) is 6.22. The number of anilines is 1. The zero-order valence-electron chi connectivity index (χ0n) is 11.6. The second-order valence-electron chi connectivity index (χ2n) is 5.27. The molecule has 1 heterocycles. The van der Waals surface area contributed by atoms with Crippen LogP contribution < -0.4 is 5.32 Å². The molecule has 1 saturated carbocycles. The highest BCUT2D eigenvalue weighted by Crippen LogP contribution is 2.26. The van der Waals surface area contributed by atoms with E-state index in [0.717, 1.165) is 31.2 Å². The Labute approximate surface area is 128 Å². The molecule has 108 valence electrons. The topological polar surface area (TPSA) is 54.9 Å². The Morgan fingerprint density at radius 2 is 1.71 bits per heavy atom. The smallest absolute Gasteiger partial charge is 0.227 e. The van der Waals surface area contributed by atoms with E-state index in [1.807, 2.05) is 12.1 Å². The minimum absolute atomic E-state index is 0.0790. The third kappa shape index (κ3) is 3.39. The van der Waals surface area contributed by atoms with Crippen molar-refractivity contribution in [2.45, 2.75) is 25.7 Å². The van der Waals surface area contributed by atoms with E-state index in [4.69, 9.17) is 11.6 Å². The average Bonchev–Trinajstić information content (AvgIpc) is 3.03. The van der Waals surface area contributed by atoms with Gasteiger partial charge in [0.1, 0.15) is 0 Å². The van der Waals surface area contributed by atoms with Crippen LogP contribution in [0.5, 0.6) is 0 Å². The van der Waals surface area contributed by atoms with E-state index in [1.54, 1.807) is 24.5 Å². The minimum Gasteiger partial charge on any atom is -0.323 e. The summed E-state index contributed by atoms with van der Waals surface area (Å²) < 4.78 is 0. The number of rotatable bonds is 3. The Morgan fingerprint density at radius 1 is 1.10 bits per heavy atom. The molecule has 1 aromatic carbocycles. The average molecular weight is 302 g/mol. The van der Waals surface area contributed by atoms with E-state index in [1.165, 1.54) is 0 Å². The first-order valence-corrected chi connectivity index (χ1v) is 7.49. The predicted molar refractivity (Wildman–Crippen MR) is 83.1 cm³/mol. The van der Waals surface area contributed by atoms with Gasteiger partial charge in [0.2, 0.25) is 5.91 Å². The molecule has 0 radical (unpaired) electrons. The highest BCUT2D eigenvalue weighted by molar-refractivity contribution is 6.30. The van der Waals surface area contributed by atoms with Crippen molar-refractivity contribution in [3.63, 3.8) is 0 Å². The van der Waals surface area contributed by atoms with E-state index >= 15 is 0 Å². The summed E-state index contributed by atoms with van der Waals surface area (Å²) in [5.74, 6) is 0.835. The summed E-state index contributed by atoms with van der Waals surface area (Å²) in [5.41, 5.74) is 1.54. The molecule has 21 heavy (non-hydrogen) atoms. The maximum atomic E-state index is 12.0. The van der Waals surface area contributed by atoms with Gasteiger partial charge >= 0.3 is 0 Å². The maximum absolute atomic E-state index is 12.0. The van der Waals surface area contributed by atoms with Crippen molar-refractivity contribution in [2.24, 2.45) is 5.92 Å². The molecule has 0 spiro atoms. The molecule has 5 heteroatoms.